The molecule has 1 amide bonds. The van der Waals surface area contributed by atoms with Crippen molar-refractivity contribution in [3.05, 3.63) is 54.0 Å². The van der Waals surface area contributed by atoms with Crippen molar-refractivity contribution in [2.75, 3.05) is 25.5 Å². The molecule has 3 aromatic heterocycles. The van der Waals surface area contributed by atoms with Crippen molar-refractivity contribution in [3.63, 3.8) is 0 Å². The average molecular weight is 367 g/mol. The van der Waals surface area contributed by atoms with Gasteiger partial charge in [0.2, 0.25) is 5.88 Å². The molecule has 0 saturated carbocycles. The lowest BCUT2D eigenvalue weighted by atomic mass is 10.2. The summed E-state index contributed by atoms with van der Waals surface area (Å²) in [6, 6.07) is 5.19. The molecule has 0 unspecified atom stereocenters. The average Bonchev–Trinajstić information content (AvgIpc) is 3.04. The van der Waals surface area contributed by atoms with Crippen LogP contribution in [-0.2, 0) is 0 Å². The number of anilines is 1. The molecule has 0 bridgehead atoms. The summed E-state index contributed by atoms with van der Waals surface area (Å²) < 4.78 is 7.00. The molecule has 0 atom stereocenters. The number of aromatic nitrogens is 5. The van der Waals surface area contributed by atoms with Gasteiger partial charge in [-0.25, -0.2) is 19.9 Å². The normalized spacial score (nSPS) is 10.5. The van der Waals surface area contributed by atoms with E-state index < -0.39 is 0 Å². The van der Waals surface area contributed by atoms with Gasteiger partial charge in [0.15, 0.2) is 0 Å². The van der Waals surface area contributed by atoms with E-state index in [1.807, 2.05) is 24.5 Å². The van der Waals surface area contributed by atoms with Crippen LogP contribution in [-0.4, -0.2) is 50.6 Å². The van der Waals surface area contributed by atoms with Crippen LogP contribution < -0.4 is 15.4 Å². The minimum atomic E-state index is -0.241. The maximum Gasteiger partial charge on any atom is 0.256 e. The first-order valence-electron chi connectivity index (χ1n) is 8.44. The van der Waals surface area contributed by atoms with Crippen molar-refractivity contribution in [2.45, 2.75) is 13.8 Å². The number of pyridine rings is 1. The second-order valence-corrected chi connectivity index (χ2v) is 5.79. The van der Waals surface area contributed by atoms with Crippen LogP contribution in [0.1, 0.15) is 21.7 Å². The van der Waals surface area contributed by atoms with Gasteiger partial charge in [-0.2, -0.15) is 0 Å². The second-order valence-electron chi connectivity index (χ2n) is 5.79. The van der Waals surface area contributed by atoms with E-state index in [0.717, 1.165) is 17.2 Å². The van der Waals surface area contributed by atoms with Crippen molar-refractivity contribution in [1.82, 2.24) is 29.8 Å². The molecule has 9 heteroatoms. The molecule has 27 heavy (non-hydrogen) atoms. The van der Waals surface area contributed by atoms with Gasteiger partial charge >= 0.3 is 0 Å². The Hall–Kier alpha value is -3.49. The summed E-state index contributed by atoms with van der Waals surface area (Å²) in [4.78, 5) is 29.0. The Bertz CT molecular complexity index is 939. The Kier molecular flexibility index (Phi) is 5.60. The van der Waals surface area contributed by atoms with Gasteiger partial charge in [0.05, 0.1) is 12.8 Å². The monoisotopic (exact) mass is 367 g/mol. The quantitative estimate of drug-likeness (QED) is 0.610. The van der Waals surface area contributed by atoms with Gasteiger partial charge in [-0.3, -0.25) is 9.36 Å². The molecule has 0 spiro atoms. The topological polar surface area (TPSA) is 107 Å². The van der Waals surface area contributed by atoms with E-state index in [1.165, 1.54) is 13.4 Å². The van der Waals surface area contributed by atoms with E-state index in [0.29, 0.717) is 30.4 Å². The number of ether oxygens (including phenoxy) is 1. The van der Waals surface area contributed by atoms with Gasteiger partial charge in [0, 0.05) is 31.0 Å². The largest absolute Gasteiger partial charge is 0.480 e. The summed E-state index contributed by atoms with van der Waals surface area (Å²) in [5.41, 5.74) is 2.38. The van der Waals surface area contributed by atoms with E-state index in [1.54, 1.807) is 24.7 Å². The molecule has 0 saturated heterocycles. The molecule has 2 N–H and O–H groups in total. The molecule has 0 aliphatic carbocycles. The summed E-state index contributed by atoms with van der Waals surface area (Å²) >= 11 is 0. The number of nitrogens with one attached hydrogen (secondary N) is 2. The van der Waals surface area contributed by atoms with E-state index >= 15 is 0 Å². The number of aryl methyl sites for hydroxylation is 1. The van der Waals surface area contributed by atoms with E-state index in [2.05, 4.69) is 30.6 Å². The van der Waals surface area contributed by atoms with Crippen LogP contribution in [0.3, 0.4) is 0 Å². The van der Waals surface area contributed by atoms with Crippen molar-refractivity contribution in [2.24, 2.45) is 0 Å². The number of nitrogens with zero attached hydrogens (tertiary/aromatic N) is 5. The van der Waals surface area contributed by atoms with Gasteiger partial charge < -0.3 is 15.4 Å². The fourth-order valence-corrected chi connectivity index (χ4v) is 2.49. The lowest BCUT2D eigenvalue weighted by Gasteiger charge is -2.10. The lowest BCUT2D eigenvalue weighted by Crippen LogP contribution is -2.29. The molecule has 0 fully saturated rings. The molecule has 9 nitrogen and oxygen atoms in total. The number of hydrogen-bond acceptors (Lipinski definition) is 7. The molecule has 140 valence electrons. The Morgan fingerprint density at radius 2 is 2.04 bits per heavy atom. The van der Waals surface area contributed by atoms with Crippen LogP contribution in [0.4, 0.5) is 5.82 Å². The number of amides is 1. The molecule has 0 aromatic carbocycles. The smallest absolute Gasteiger partial charge is 0.256 e. The number of imidazole rings is 1. The lowest BCUT2D eigenvalue weighted by molar-refractivity contribution is 0.0951. The molecule has 3 aromatic rings. The van der Waals surface area contributed by atoms with Crippen LogP contribution in [0.15, 0.2) is 37.1 Å². The first kappa shape index (κ1) is 18.3. The fraction of sp³-hybridized carbons (Fsp3) is 0.278. The number of rotatable bonds is 7. The SMILES string of the molecule is COc1ncccc1C(=O)NCCNc1cc(-n2cnc(C)c2C)ncn1. The zero-order chi connectivity index (χ0) is 19.2. The third-order valence-corrected chi connectivity index (χ3v) is 4.08. The second kappa shape index (κ2) is 8.26. The number of carbonyl (C=O) groups excluding carboxylic acids is 1. The molecule has 0 radical (unpaired) electrons. The van der Waals surface area contributed by atoms with Gasteiger partial charge in [-0.05, 0) is 26.0 Å². The van der Waals surface area contributed by atoms with Crippen LogP contribution in [0, 0.1) is 13.8 Å². The highest BCUT2D eigenvalue weighted by atomic mass is 16.5. The zero-order valence-electron chi connectivity index (χ0n) is 15.4. The fourth-order valence-electron chi connectivity index (χ4n) is 2.49. The molecule has 0 aliphatic rings. The predicted molar refractivity (Wildman–Crippen MR) is 100 cm³/mol. The van der Waals surface area contributed by atoms with Gasteiger partial charge in [0.1, 0.15) is 29.9 Å². The Morgan fingerprint density at radius 1 is 1.19 bits per heavy atom. The zero-order valence-corrected chi connectivity index (χ0v) is 15.4. The third-order valence-electron chi connectivity index (χ3n) is 4.08. The minimum absolute atomic E-state index is 0.241. The number of carbonyl (C=O) groups is 1. The maximum absolute atomic E-state index is 12.2. The van der Waals surface area contributed by atoms with E-state index in [9.17, 15) is 4.79 Å². The summed E-state index contributed by atoms with van der Waals surface area (Å²) in [6.07, 6.45) is 4.80. The highest BCUT2D eigenvalue weighted by Crippen LogP contribution is 2.14. The Labute approximate surface area is 156 Å². The number of hydrogen-bond donors (Lipinski definition) is 2. The van der Waals surface area contributed by atoms with Crippen molar-refractivity contribution in [3.8, 4) is 11.7 Å². The molecule has 0 aliphatic heterocycles. The van der Waals surface area contributed by atoms with Crippen LogP contribution >= 0.6 is 0 Å². The van der Waals surface area contributed by atoms with E-state index in [-0.39, 0.29) is 5.91 Å². The highest BCUT2D eigenvalue weighted by molar-refractivity contribution is 5.96. The van der Waals surface area contributed by atoms with Crippen LogP contribution in [0.5, 0.6) is 5.88 Å². The summed E-state index contributed by atoms with van der Waals surface area (Å²) in [5.74, 6) is 1.46. The summed E-state index contributed by atoms with van der Waals surface area (Å²) in [6.45, 7) is 4.86. The third kappa shape index (κ3) is 4.20. The molecule has 3 heterocycles. The van der Waals surface area contributed by atoms with E-state index in [4.69, 9.17) is 4.74 Å². The Morgan fingerprint density at radius 3 is 2.78 bits per heavy atom. The van der Waals surface area contributed by atoms with Gasteiger partial charge in [-0.1, -0.05) is 0 Å². The van der Waals surface area contributed by atoms with Crippen LogP contribution in [0.2, 0.25) is 0 Å². The molecular weight excluding hydrogens is 346 g/mol. The first-order chi connectivity index (χ1) is 13.1. The van der Waals surface area contributed by atoms with Crippen LogP contribution in [0.25, 0.3) is 5.82 Å². The predicted octanol–water partition coefficient (Wildman–Crippen LogP) is 1.52. The molecule has 3 rings (SSSR count). The van der Waals surface area contributed by atoms with Gasteiger partial charge in [-0.15, -0.1) is 0 Å². The summed E-state index contributed by atoms with van der Waals surface area (Å²) in [7, 11) is 1.48. The van der Waals surface area contributed by atoms with Gasteiger partial charge in [0.25, 0.3) is 5.91 Å². The maximum atomic E-state index is 12.2. The number of methoxy groups -OCH3 is 1. The van der Waals surface area contributed by atoms with Crippen molar-refractivity contribution in [1.29, 1.82) is 0 Å². The minimum Gasteiger partial charge on any atom is -0.480 e. The summed E-state index contributed by atoms with van der Waals surface area (Å²) in [5, 5.41) is 5.99. The first-order valence-corrected chi connectivity index (χ1v) is 8.44. The Balaban J connectivity index is 1.56. The highest BCUT2D eigenvalue weighted by Gasteiger charge is 2.12. The standard InChI is InChI=1S/C18H21N7O2/c1-12-13(2)25(11-24-12)16-9-15(22-10-23-16)19-7-8-20-17(26)14-5-4-6-21-18(14)27-3/h4-6,9-11H,7-8H2,1-3H3,(H,20,26)(H,19,22,23). The molecular formula is C18H21N7O2. The van der Waals surface area contributed by atoms with Crippen molar-refractivity contribution >= 4 is 11.7 Å². The van der Waals surface area contributed by atoms with Crippen molar-refractivity contribution < 1.29 is 9.53 Å².